The molecule has 3 aromatic carbocycles. The van der Waals surface area contributed by atoms with Gasteiger partial charge in [0.15, 0.2) is 0 Å². The van der Waals surface area contributed by atoms with Gasteiger partial charge in [-0.3, -0.25) is 4.79 Å². The monoisotopic (exact) mass is 371 g/mol. The summed E-state index contributed by atoms with van der Waals surface area (Å²) < 4.78 is 5.83. The van der Waals surface area contributed by atoms with E-state index in [1.165, 1.54) is 11.6 Å². The molecule has 0 aliphatic carbocycles. The number of amides is 1. The Balaban J connectivity index is 1.56. The van der Waals surface area contributed by atoms with Gasteiger partial charge >= 0.3 is 0 Å². The first-order chi connectivity index (χ1) is 13.6. The van der Waals surface area contributed by atoms with Crippen LogP contribution in [0.15, 0.2) is 84.9 Å². The van der Waals surface area contributed by atoms with Crippen molar-refractivity contribution < 1.29 is 9.53 Å². The molecule has 0 aliphatic heterocycles. The predicted octanol–water partition coefficient (Wildman–Crippen LogP) is 6.04. The van der Waals surface area contributed by atoms with Crippen molar-refractivity contribution in [1.29, 1.82) is 0 Å². The average Bonchev–Trinajstić information content (AvgIpc) is 2.72. The SMILES string of the molecule is CC(C)c1ccc(NC(=O)/C=C/c2cccc(OCc3ccccc3)c2)cc1. The van der Waals surface area contributed by atoms with Gasteiger partial charge in [0.2, 0.25) is 5.91 Å². The van der Waals surface area contributed by atoms with E-state index in [2.05, 4.69) is 19.2 Å². The Morgan fingerprint density at radius 1 is 0.964 bits per heavy atom. The second-order valence-electron chi connectivity index (χ2n) is 6.95. The number of nitrogens with one attached hydrogen (secondary N) is 1. The Morgan fingerprint density at radius 3 is 2.43 bits per heavy atom. The molecule has 28 heavy (non-hydrogen) atoms. The molecule has 0 bridgehead atoms. The zero-order valence-corrected chi connectivity index (χ0v) is 16.3. The Hall–Kier alpha value is -3.33. The van der Waals surface area contributed by atoms with Crippen LogP contribution in [0.2, 0.25) is 0 Å². The fourth-order valence-corrected chi connectivity index (χ4v) is 2.76. The van der Waals surface area contributed by atoms with Gasteiger partial charge in [0.1, 0.15) is 12.4 Å². The highest BCUT2D eigenvalue weighted by atomic mass is 16.5. The Kier molecular flexibility index (Phi) is 6.64. The number of carbonyl (C=O) groups excluding carboxylic acids is 1. The molecule has 0 fully saturated rings. The maximum absolute atomic E-state index is 12.2. The van der Waals surface area contributed by atoms with Gasteiger partial charge < -0.3 is 10.1 Å². The summed E-state index contributed by atoms with van der Waals surface area (Å²) in [5, 5.41) is 2.88. The van der Waals surface area contributed by atoms with Crippen LogP contribution >= 0.6 is 0 Å². The smallest absolute Gasteiger partial charge is 0.248 e. The topological polar surface area (TPSA) is 38.3 Å². The third-order valence-corrected chi connectivity index (χ3v) is 4.38. The number of benzene rings is 3. The summed E-state index contributed by atoms with van der Waals surface area (Å²) in [6.45, 7) is 4.81. The van der Waals surface area contributed by atoms with E-state index in [0.717, 1.165) is 22.6 Å². The summed E-state index contributed by atoms with van der Waals surface area (Å²) in [5.41, 5.74) is 4.07. The number of rotatable bonds is 7. The normalized spacial score (nSPS) is 11.0. The number of ether oxygens (including phenoxy) is 1. The lowest BCUT2D eigenvalue weighted by atomic mass is 10.0. The lowest BCUT2D eigenvalue weighted by molar-refractivity contribution is -0.111. The Labute approximate surface area is 166 Å². The lowest BCUT2D eigenvalue weighted by Gasteiger charge is -2.07. The molecule has 142 valence electrons. The summed E-state index contributed by atoms with van der Waals surface area (Å²) in [5.74, 6) is 1.09. The van der Waals surface area contributed by atoms with Crippen molar-refractivity contribution in [2.24, 2.45) is 0 Å². The third-order valence-electron chi connectivity index (χ3n) is 4.38. The van der Waals surface area contributed by atoms with Crippen LogP contribution in [0.4, 0.5) is 5.69 Å². The molecular weight excluding hydrogens is 346 g/mol. The average molecular weight is 371 g/mol. The van der Waals surface area contributed by atoms with Gasteiger partial charge in [0.05, 0.1) is 0 Å². The van der Waals surface area contributed by atoms with Crippen LogP contribution in [0.5, 0.6) is 5.75 Å². The van der Waals surface area contributed by atoms with E-state index in [1.54, 1.807) is 6.08 Å². The minimum Gasteiger partial charge on any atom is -0.489 e. The van der Waals surface area contributed by atoms with Gasteiger partial charge in [-0.25, -0.2) is 0 Å². The highest BCUT2D eigenvalue weighted by molar-refractivity contribution is 6.01. The first-order valence-corrected chi connectivity index (χ1v) is 9.46. The predicted molar refractivity (Wildman–Crippen MR) is 115 cm³/mol. The zero-order valence-electron chi connectivity index (χ0n) is 16.3. The van der Waals surface area contributed by atoms with Crippen LogP contribution < -0.4 is 10.1 Å². The molecule has 3 aromatic rings. The Morgan fingerprint density at radius 2 is 1.71 bits per heavy atom. The van der Waals surface area contributed by atoms with Crippen LogP contribution in [-0.4, -0.2) is 5.91 Å². The minimum absolute atomic E-state index is 0.159. The second-order valence-corrected chi connectivity index (χ2v) is 6.95. The minimum atomic E-state index is -0.159. The molecule has 1 N–H and O–H groups in total. The quantitative estimate of drug-likeness (QED) is 0.514. The van der Waals surface area contributed by atoms with Crippen molar-refractivity contribution >= 4 is 17.7 Å². The van der Waals surface area contributed by atoms with Gasteiger partial charge in [-0.15, -0.1) is 0 Å². The summed E-state index contributed by atoms with van der Waals surface area (Å²) in [6, 6.07) is 25.7. The third kappa shape index (κ3) is 5.85. The van der Waals surface area contributed by atoms with Crippen molar-refractivity contribution in [2.45, 2.75) is 26.4 Å². The molecule has 0 spiro atoms. The van der Waals surface area contributed by atoms with Gasteiger partial charge in [0.25, 0.3) is 0 Å². The molecule has 0 atom stereocenters. The van der Waals surface area contributed by atoms with Crippen LogP contribution in [0.25, 0.3) is 6.08 Å². The van der Waals surface area contributed by atoms with Crippen molar-refractivity contribution in [3.05, 3.63) is 102 Å². The maximum Gasteiger partial charge on any atom is 0.248 e. The van der Waals surface area contributed by atoms with Crippen LogP contribution in [0.3, 0.4) is 0 Å². The molecule has 3 heteroatoms. The van der Waals surface area contributed by atoms with E-state index in [4.69, 9.17) is 4.74 Å². The fourth-order valence-electron chi connectivity index (χ4n) is 2.76. The Bertz CT molecular complexity index is 928. The highest BCUT2D eigenvalue weighted by Gasteiger charge is 2.02. The number of hydrogen-bond acceptors (Lipinski definition) is 2. The molecular formula is C25H25NO2. The summed E-state index contributed by atoms with van der Waals surface area (Å²) in [7, 11) is 0. The number of hydrogen-bond donors (Lipinski definition) is 1. The van der Waals surface area contributed by atoms with Gasteiger partial charge in [-0.1, -0.05) is 68.4 Å². The molecule has 3 nitrogen and oxygen atoms in total. The molecule has 0 saturated heterocycles. The van der Waals surface area contributed by atoms with E-state index in [1.807, 2.05) is 78.9 Å². The van der Waals surface area contributed by atoms with Crippen molar-refractivity contribution in [3.63, 3.8) is 0 Å². The second kappa shape index (κ2) is 9.56. The highest BCUT2D eigenvalue weighted by Crippen LogP contribution is 2.18. The maximum atomic E-state index is 12.2. The van der Waals surface area contributed by atoms with E-state index < -0.39 is 0 Å². The lowest BCUT2D eigenvalue weighted by Crippen LogP contribution is -2.07. The molecule has 0 radical (unpaired) electrons. The van der Waals surface area contributed by atoms with E-state index in [0.29, 0.717) is 12.5 Å². The van der Waals surface area contributed by atoms with Gasteiger partial charge in [0, 0.05) is 11.8 Å². The van der Waals surface area contributed by atoms with Crippen molar-refractivity contribution in [3.8, 4) is 5.75 Å². The van der Waals surface area contributed by atoms with E-state index in [-0.39, 0.29) is 5.91 Å². The summed E-state index contributed by atoms with van der Waals surface area (Å²) in [6.07, 6.45) is 3.32. The molecule has 0 aromatic heterocycles. The number of carbonyl (C=O) groups is 1. The van der Waals surface area contributed by atoms with Crippen LogP contribution in [-0.2, 0) is 11.4 Å². The van der Waals surface area contributed by atoms with E-state index in [9.17, 15) is 4.79 Å². The van der Waals surface area contributed by atoms with Crippen molar-refractivity contribution in [1.82, 2.24) is 0 Å². The molecule has 0 heterocycles. The molecule has 1 amide bonds. The van der Waals surface area contributed by atoms with E-state index >= 15 is 0 Å². The van der Waals surface area contributed by atoms with Crippen molar-refractivity contribution in [2.75, 3.05) is 5.32 Å². The van der Waals surface area contributed by atoms with Gasteiger partial charge in [-0.2, -0.15) is 0 Å². The summed E-state index contributed by atoms with van der Waals surface area (Å²) in [4.78, 5) is 12.2. The first-order valence-electron chi connectivity index (χ1n) is 9.46. The standard InChI is InChI=1S/C25H25NO2/c1-19(2)22-12-14-23(15-13-22)26-25(27)16-11-20-9-6-10-24(17-20)28-18-21-7-4-3-5-8-21/h3-17,19H,18H2,1-2H3,(H,26,27)/b16-11+. The van der Waals surface area contributed by atoms with Gasteiger partial charge in [-0.05, 0) is 52.9 Å². The molecule has 0 unspecified atom stereocenters. The molecule has 0 saturated carbocycles. The van der Waals surface area contributed by atoms with Crippen LogP contribution in [0.1, 0.15) is 36.5 Å². The summed E-state index contributed by atoms with van der Waals surface area (Å²) >= 11 is 0. The largest absolute Gasteiger partial charge is 0.489 e. The zero-order chi connectivity index (χ0) is 19.8. The fraction of sp³-hybridized carbons (Fsp3) is 0.160. The molecule has 3 rings (SSSR count). The van der Waals surface area contributed by atoms with Crippen LogP contribution in [0, 0.1) is 0 Å². The molecule has 0 aliphatic rings. The number of anilines is 1. The first kappa shape index (κ1) is 19.4.